The summed E-state index contributed by atoms with van der Waals surface area (Å²) in [5, 5.41) is 1.12. The number of rotatable bonds is 5. The molecule has 0 unspecified atom stereocenters. The molecule has 0 saturated heterocycles. The van der Waals surface area contributed by atoms with E-state index in [0.29, 0.717) is 6.54 Å². The average Bonchev–Trinajstić information content (AvgIpc) is 2.85. The lowest BCUT2D eigenvalue weighted by molar-refractivity contribution is 0.290. The van der Waals surface area contributed by atoms with Gasteiger partial charge in [0.1, 0.15) is 11.3 Å². The van der Waals surface area contributed by atoms with E-state index < -0.39 is 0 Å². The highest BCUT2D eigenvalue weighted by Gasteiger charge is 2.14. The third-order valence-corrected chi connectivity index (χ3v) is 3.57. The average molecular weight is 281 g/mol. The largest absolute Gasteiger partial charge is 0.459 e. The van der Waals surface area contributed by atoms with Crippen LogP contribution in [-0.2, 0) is 19.6 Å². The van der Waals surface area contributed by atoms with Gasteiger partial charge in [0.05, 0.1) is 6.54 Å². The van der Waals surface area contributed by atoms with E-state index >= 15 is 0 Å². The zero-order valence-electron chi connectivity index (χ0n) is 12.1. The third kappa shape index (κ3) is 2.96. The van der Waals surface area contributed by atoms with Gasteiger partial charge < -0.3 is 10.2 Å². The fourth-order valence-electron chi connectivity index (χ4n) is 2.61. The number of nitrogens with two attached hydrogens (primary N) is 1. The lowest BCUT2D eigenvalue weighted by Crippen LogP contribution is -2.18. The zero-order chi connectivity index (χ0) is 14.7. The molecule has 4 nitrogen and oxygen atoms in total. The first-order chi connectivity index (χ1) is 10.3. The van der Waals surface area contributed by atoms with Crippen LogP contribution in [0.25, 0.3) is 11.0 Å². The Morgan fingerprint density at radius 1 is 1.14 bits per heavy atom. The fourth-order valence-corrected chi connectivity index (χ4v) is 2.61. The Morgan fingerprint density at radius 2 is 2.00 bits per heavy atom. The minimum atomic E-state index is 0.493. The first-order valence-corrected chi connectivity index (χ1v) is 7.04. The molecule has 1 aromatic carbocycles. The van der Waals surface area contributed by atoms with Crippen LogP contribution in [0.5, 0.6) is 0 Å². The van der Waals surface area contributed by atoms with Gasteiger partial charge in [-0.15, -0.1) is 0 Å². The number of furan rings is 1. The molecule has 0 aliphatic rings. The van der Waals surface area contributed by atoms with Gasteiger partial charge in [-0.05, 0) is 24.7 Å². The number of fused-ring (bicyclic) bond motifs is 1. The summed E-state index contributed by atoms with van der Waals surface area (Å²) in [6.07, 6.45) is 3.67. The van der Waals surface area contributed by atoms with Crippen LogP contribution in [0.2, 0.25) is 0 Å². The van der Waals surface area contributed by atoms with Crippen molar-refractivity contribution in [1.29, 1.82) is 0 Å². The minimum Gasteiger partial charge on any atom is -0.459 e. The molecule has 0 saturated carbocycles. The number of para-hydroxylation sites is 1. The molecule has 0 fully saturated rings. The smallest absolute Gasteiger partial charge is 0.134 e. The molecule has 21 heavy (non-hydrogen) atoms. The second kappa shape index (κ2) is 6.08. The van der Waals surface area contributed by atoms with Crippen LogP contribution in [0.15, 0.2) is 53.2 Å². The lowest BCUT2D eigenvalue weighted by Gasteiger charge is -2.15. The summed E-state index contributed by atoms with van der Waals surface area (Å²) in [6.45, 7) is 2.05. The molecule has 0 aliphatic heterocycles. The van der Waals surface area contributed by atoms with E-state index in [9.17, 15) is 0 Å². The highest BCUT2D eigenvalue weighted by Crippen LogP contribution is 2.26. The van der Waals surface area contributed by atoms with Crippen LogP contribution >= 0.6 is 0 Å². The Bertz CT molecular complexity index is 721. The van der Waals surface area contributed by atoms with Crippen molar-refractivity contribution >= 4 is 11.0 Å². The predicted molar refractivity (Wildman–Crippen MR) is 83.5 cm³/mol. The summed E-state index contributed by atoms with van der Waals surface area (Å²) < 4.78 is 5.96. The maximum absolute atomic E-state index is 5.96. The number of hydrogen-bond acceptors (Lipinski definition) is 4. The Morgan fingerprint density at radius 3 is 2.76 bits per heavy atom. The summed E-state index contributed by atoms with van der Waals surface area (Å²) >= 11 is 0. The van der Waals surface area contributed by atoms with Crippen LogP contribution < -0.4 is 5.73 Å². The van der Waals surface area contributed by atoms with Gasteiger partial charge in [-0.25, -0.2) is 0 Å². The van der Waals surface area contributed by atoms with Crippen LogP contribution in [-0.4, -0.2) is 16.9 Å². The normalized spacial score (nSPS) is 11.4. The summed E-state index contributed by atoms with van der Waals surface area (Å²) in [6, 6.07) is 12.1. The standard InChI is InChI=1S/C17H19N3O/c1-20(11-13-5-4-8-19-10-13)12-17-15(9-18)14-6-2-3-7-16(14)21-17/h2-8,10H,9,11-12,18H2,1H3. The minimum absolute atomic E-state index is 0.493. The van der Waals surface area contributed by atoms with E-state index in [1.807, 2.05) is 30.5 Å². The SMILES string of the molecule is CN(Cc1cccnc1)Cc1oc2ccccc2c1CN. The molecule has 0 atom stereocenters. The van der Waals surface area contributed by atoms with Crippen molar-refractivity contribution in [3.63, 3.8) is 0 Å². The summed E-state index contributed by atoms with van der Waals surface area (Å²) in [5.41, 5.74) is 9.09. The van der Waals surface area contributed by atoms with E-state index in [1.54, 1.807) is 6.20 Å². The quantitative estimate of drug-likeness (QED) is 0.781. The fraction of sp³-hybridized carbons (Fsp3) is 0.235. The second-order valence-electron chi connectivity index (χ2n) is 5.24. The molecule has 3 aromatic rings. The van der Waals surface area contributed by atoms with Crippen molar-refractivity contribution in [1.82, 2.24) is 9.88 Å². The predicted octanol–water partition coefficient (Wildman–Crippen LogP) is 2.92. The zero-order valence-corrected chi connectivity index (χ0v) is 12.1. The molecule has 4 heteroatoms. The maximum Gasteiger partial charge on any atom is 0.134 e. The van der Waals surface area contributed by atoms with E-state index in [0.717, 1.165) is 35.4 Å². The van der Waals surface area contributed by atoms with Crippen molar-refractivity contribution in [2.45, 2.75) is 19.6 Å². The van der Waals surface area contributed by atoms with E-state index in [2.05, 4.69) is 29.1 Å². The molecule has 2 heterocycles. The molecule has 0 amide bonds. The lowest BCUT2D eigenvalue weighted by atomic mass is 10.1. The summed E-state index contributed by atoms with van der Waals surface area (Å²) in [5.74, 6) is 0.949. The van der Waals surface area contributed by atoms with Crippen LogP contribution in [0, 0.1) is 0 Å². The van der Waals surface area contributed by atoms with Gasteiger partial charge in [0.15, 0.2) is 0 Å². The Hall–Kier alpha value is -2.17. The molecule has 0 spiro atoms. The number of pyridine rings is 1. The van der Waals surface area contributed by atoms with Crippen LogP contribution in [0.1, 0.15) is 16.9 Å². The molecule has 2 N–H and O–H groups in total. The van der Waals surface area contributed by atoms with Gasteiger partial charge in [0.25, 0.3) is 0 Å². The number of nitrogens with zero attached hydrogens (tertiary/aromatic N) is 2. The number of aromatic nitrogens is 1. The summed E-state index contributed by atoms with van der Waals surface area (Å²) in [7, 11) is 2.07. The Balaban J connectivity index is 1.81. The monoisotopic (exact) mass is 281 g/mol. The Labute approximate surface area is 124 Å². The second-order valence-corrected chi connectivity index (χ2v) is 5.24. The van der Waals surface area contributed by atoms with Gasteiger partial charge in [-0.3, -0.25) is 9.88 Å². The van der Waals surface area contributed by atoms with Crippen molar-refractivity contribution in [2.24, 2.45) is 5.73 Å². The molecule has 2 aromatic heterocycles. The maximum atomic E-state index is 5.96. The molecule has 3 rings (SSSR count). The van der Waals surface area contributed by atoms with Crippen molar-refractivity contribution in [3.8, 4) is 0 Å². The molecule has 0 bridgehead atoms. The van der Waals surface area contributed by atoms with Crippen LogP contribution in [0.3, 0.4) is 0 Å². The molecular formula is C17H19N3O. The van der Waals surface area contributed by atoms with Gasteiger partial charge in [-0.2, -0.15) is 0 Å². The highest BCUT2D eigenvalue weighted by molar-refractivity contribution is 5.82. The summed E-state index contributed by atoms with van der Waals surface area (Å²) in [4.78, 5) is 6.35. The van der Waals surface area contributed by atoms with Gasteiger partial charge in [0.2, 0.25) is 0 Å². The molecule has 108 valence electrons. The van der Waals surface area contributed by atoms with E-state index in [1.165, 1.54) is 5.56 Å². The van der Waals surface area contributed by atoms with Gasteiger partial charge >= 0.3 is 0 Å². The van der Waals surface area contributed by atoms with Gasteiger partial charge in [-0.1, -0.05) is 24.3 Å². The molecule has 0 radical (unpaired) electrons. The van der Waals surface area contributed by atoms with Crippen molar-refractivity contribution in [2.75, 3.05) is 7.05 Å². The third-order valence-electron chi connectivity index (χ3n) is 3.57. The Kier molecular flexibility index (Phi) is 3.99. The van der Waals surface area contributed by atoms with Crippen LogP contribution in [0.4, 0.5) is 0 Å². The van der Waals surface area contributed by atoms with Crippen molar-refractivity contribution < 1.29 is 4.42 Å². The number of hydrogen-bond donors (Lipinski definition) is 1. The highest BCUT2D eigenvalue weighted by atomic mass is 16.3. The van der Waals surface area contributed by atoms with Crippen molar-refractivity contribution in [3.05, 3.63) is 65.7 Å². The topological polar surface area (TPSA) is 55.3 Å². The van der Waals surface area contributed by atoms with E-state index in [4.69, 9.17) is 10.2 Å². The van der Waals surface area contributed by atoms with Gasteiger partial charge in [0, 0.05) is 36.4 Å². The molecule has 0 aliphatic carbocycles. The molecular weight excluding hydrogens is 262 g/mol. The van der Waals surface area contributed by atoms with E-state index in [-0.39, 0.29) is 0 Å². The first kappa shape index (κ1) is 13.8. The first-order valence-electron chi connectivity index (χ1n) is 7.04. The number of benzene rings is 1.